The van der Waals surface area contributed by atoms with Crippen LogP contribution >= 0.6 is 0 Å². The minimum Gasteiger partial charge on any atom is -0.453 e. The fourth-order valence-electron chi connectivity index (χ4n) is 6.44. The largest absolute Gasteiger partial charge is 0.453 e. The van der Waals surface area contributed by atoms with Crippen LogP contribution in [0.3, 0.4) is 0 Å². The Balaban J connectivity index is 1.46. The number of benzene rings is 6. The van der Waals surface area contributed by atoms with E-state index >= 15 is 0 Å². The normalized spacial score (nSPS) is 13.8. The number of nitrogens with one attached hydrogen (secondary N) is 2. The smallest absolute Gasteiger partial charge is 0.338 e. The molecular weight excluding hydrogens is 813 g/mol. The standard InChI is InChI=1S/C48H50N2O9S2/c1-36-23-27-42(28-24-36)60(52,53)49-31-44(50-61(54,55)43-29-25-37(2)26-30-43)46(57-33-39-17-9-4-10-18-39)47(58-34-40-19-11-5-12-20-40)45(35-56-32-38-15-7-3-8-16-38)59-48(51)41-21-13-6-14-22-41/h3-30,44-47,49-50H,31-35H2,1-2H3/t44-,45+,46+,47+/m0/s1. The Hall–Kier alpha value is -5.51. The minimum atomic E-state index is -4.35. The van der Waals surface area contributed by atoms with Gasteiger partial charge in [0.2, 0.25) is 20.0 Å². The van der Waals surface area contributed by atoms with Gasteiger partial charge in [-0.1, -0.05) is 145 Å². The molecule has 6 aromatic rings. The lowest BCUT2D eigenvalue weighted by Crippen LogP contribution is -2.59. The summed E-state index contributed by atoms with van der Waals surface area (Å²) >= 11 is 0. The number of aryl methyl sites for hydroxylation is 2. The van der Waals surface area contributed by atoms with Crippen molar-refractivity contribution < 1.29 is 40.6 Å². The molecule has 0 aliphatic rings. The molecule has 6 rings (SSSR count). The number of esters is 1. The zero-order valence-corrected chi connectivity index (χ0v) is 35.6. The molecule has 0 aliphatic heterocycles. The van der Waals surface area contributed by atoms with Gasteiger partial charge in [-0.05, 0) is 66.9 Å². The Morgan fingerprint density at radius 3 is 1.44 bits per heavy atom. The predicted molar refractivity (Wildman–Crippen MR) is 233 cm³/mol. The van der Waals surface area contributed by atoms with Crippen LogP contribution in [0.1, 0.15) is 38.2 Å². The Kier molecular flexibility index (Phi) is 16.1. The van der Waals surface area contributed by atoms with Crippen LogP contribution in [0.4, 0.5) is 0 Å². The van der Waals surface area contributed by atoms with Gasteiger partial charge in [-0.2, -0.15) is 0 Å². The van der Waals surface area contributed by atoms with Gasteiger partial charge >= 0.3 is 5.97 Å². The van der Waals surface area contributed by atoms with Crippen LogP contribution in [-0.2, 0) is 58.8 Å². The lowest BCUT2D eigenvalue weighted by Gasteiger charge is -2.37. The first-order chi connectivity index (χ1) is 29.5. The first-order valence-electron chi connectivity index (χ1n) is 19.8. The van der Waals surface area contributed by atoms with Gasteiger partial charge in [-0.15, -0.1) is 0 Å². The van der Waals surface area contributed by atoms with Gasteiger partial charge in [0, 0.05) is 6.54 Å². The van der Waals surface area contributed by atoms with Crippen molar-refractivity contribution in [3.05, 3.63) is 203 Å². The zero-order chi connectivity index (χ0) is 43.1. The third-order valence-electron chi connectivity index (χ3n) is 9.78. The highest BCUT2D eigenvalue weighted by Crippen LogP contribution is 2.24. The summed E-state index contributed by atoms with van der Waals surface area (Å²) in [6.45, 7) is 3.08. The molecule has 0 radical (unpaired) electrons. The van der Waals surface area contributed by atoms with Crippen molar-refractivity contribution in [1.29, 1.82) is 0 Å². The van der Waals surface area contributed by atoms with Gasteiger partial charge < -0.3 is 18.9 Å². The van der Waals surface area contributed by atoms with Crippen molar-refractivity contribution in [2.24, 2.45) is 0 Å². The van der Waals surface area contributed by atoms with E-state index in [0.29, 0.717) is 0 Å². The second-order valence-electron chi connectivity index (χ2n) is 14.5. The SMILES string of the molecule is Cc1ccc(S(=O)(=O)NC[C@H](NS(=O)(=O)c2ccc(C)cc2)[C@@H](OCc2ccccc2)[C@H](OCc2ccccc2)[C@@H](COCc2ccccc2)OC(=O)c2ccccc2)cc1. The van der Waals surface area contributed by atoms with E-state index in [1.165, 1.54) is 24.3 Å². The topological polar surface area (TPSA) is 146 Å². The molecule has 0 amide bonds. The summed E-state index contributed by atoms with van der Waals surface area (Å²) in [5, 5.41) is 0. The van der Waals surface area contributed by atoms with E-state index in [0.717, 1.165) is 27.8 Å². The Bertz CT molecular complexity index is 2480. The van der Waals surface area contributed by atoms with Gasteiger partial charge in [-0.25, -0.2) is 31.1 Å². The van der Waals surface area contributed by atoms with Crippen LogP contribution < -0.4 is 9.44 Å². The van der Waals surface area contributed by atoms with Gasteiger partial charge in [0.05, 0.1) is 47.8 Å². The van der Waals surface area contributed by atoms with Crippen LogP contribution in [-0.4, -0.2) is 60.3 Å². The molecule has 4 atom stereocenters. The number of rotatable bonds is 22. The van der Waals surface area contributed by atoms with E-state index in [1.54, 1.807) is 54.6 Å². The number of hydrogen-bond acceptors (Lipinski definition) is 9. The highest BCUT2D eigenvalue weighted by molar-refractivity contribution is 7.90. The first-order valence-corrected chi connectivity index (χ1v) is 22.8. The fourth-order valence-corrected chi connectivity index (χ4v) is 8.75. The summed E-state index contributed by atoms with van der Waals surface area (Å²) in [4.78, 5) is 13.9. The Morgan fingerprint density at radius 2 is 0.951 bits per heavy atom. The first kappa shape index (κ1) is 45.0. The maximum atomic E-state index is 14.3. The molecule has 0 spiro atoms. The van der Waals surface area contributed by atoms with Crippen molar-refractivity contribution in [1.82, 2.24) is 9.44 Å². The predicted octanol–water partition coefficient (Wildman–Crippen LogP) is 7.54. The molecule has 13 heteroatoms. The fraction of sp³-hybridized carbons (Fsp3) is 0.229. The van der Waals surface area contributed by atoms with E-state index in [-0.39, 0.29) is 41.8 Å². The lowest BCUT2D eigenvalue weighted by molar-refractivity contribution is -0.156. The summed E-state index contributed by atoms with van der Waals surface area (Å²) in [6.07, 6.45) is -3.80. The van der Waals surface area contributed by atoms with E-state index in [1.807, 2.05) is 105 Å². The molecule has 0 saturated carbocycles. The van der Waals surface area contributed by atoms with Gasteiger partial charge in [-0.3, -0.25) is 0 Å². The van der Waals surface area contributed by atoms with Gasteiger partial charge in [0.25, 0.3) is 0 Å². The molecule has 11 nitrogen and oxygen atoms in total. The molecule has 0 aliphatic carbocycles. The number of ether oxygens (including phenoxy) is 4. The highest BCUT2D eigenvalue weighted by Gasteiger charge is 2.42. The quantitative estimate of drug-likeness (QED) is 0.0662. The highest BCUT2D eigenvalue weighted by atomic mass is 32.2. The zero-order valence-electron chi connectivity index (χ0n) is 34.0. The third-order valence-corrected chi connectivity index (χ3v) is 12.7. The molecule has 0 heterocycles. The van der Waals surface area contributed by atoms with Crippen LogP contribution in [0.15, 0.2) is 180 Å². The molecule has 318 valence electrons. The number of carbonyl (C=O) groups excluding carboxylic acids is 1. The van der Waals surface area contributed by atoms with Crippen molar-refractivity contribution >= 4 is 26.0 Å². The number of carbonyl (C=O) groups is 1. The van der Waals surface area contributed by atoms with Crippen molar-refractivity contribution in [2.75, 3.05) is 13.2 Å². The average molecular weight is 863 g/mol. The summed E-state index contributed by atoms with van der Waals surface area (Å²) in [7, 11) is -8.54. The second-order valence-corrected chi connectivity index (χ2v) is 18.0. The lowest BCUT2D eigenvalue weighted by atomic mass is 10.0. The van der Waals surface area contributed by atoms with Crippen molar-refractivity contribution in [3.63, 3.8) is 0 Å². The van der Waals surface area contributed by atoms with Crippen LogP contribution in [0, 0.1) is 13.8 Å². The molecular formula is C48H50N2O9S2. The average Bonchev–Trinajstić information content (AvgIpc) is 3.27. The number of hydrogen-bond donors (Lipinski definition) is 2. The molecule has 2 N–H and O–H groups in total. The van der Waals surface area contributed by atoms with Crippen molar-refractivity contribution in [2.45, 2.75) is 67.8 Å². The van der Waals surface area contributed by atoms with Gasteiger partial charge in [0.15, 0.2) is 6.10 Å². The summed E-state index contributed by atoms with van der Waals surface area (Å²) in [5.74, 6) is -0.680. The number of sulfonamides is 2. The molecule has 6 aromatic carbocycles. The van der Waals surface area contributed by atoms with E-state index in [9.17, 15) is 21.6 Å². The van der Waals surface area contributed by atoms with Crippen LogP contribution in [0.2, 0.25) is 0 Å². The molecule has 0 bridgehead atoms. The maximum absolute atomic E-state index is 14.3. The minimum absolute atomic E-state index is 0.0126. The molecule has 0 unspecified atom stereocenters. The Labute approximate surface area is 358 Å². The molecule has 0 fully saturated rings. The van der Waals surface area contributed by atoms with E-state index < -0.39 is 56.9 Å². The third kappa shape index (κ3) is 13.5. The molecule has 0 aromatic heterocycles. The Morgan fingerprint density at radius 1 is 0.525 bits per heavy atom. The second kappa shape index (κ2) is 21.8. The molecule has 61 heavy (non-hydrogen) atoms. The van der Waals surface area contributed by atoms with E-state index in [2.05, 4.69) is 9.44 Å². The summed E-state index contributed by atoms with van der Waals surface area (Å²) < 4.78 is 87.8. The monoisotopic (exact) mass is 862 g/mol. The van der Waals surface area contributed by atoms with Crippen LogP contribution in [0.5, 0.6) is 0 Å². The molecule has 0 saturated heterocycles. The van der Waals surface area contributed by atoms with E-state index in [4.69, 9.17) is 18.9 Å². The summed E-state index contributed by atoms with van der Waals surface area (Å²) in [6, 6.07) is 47.6. The maximum Gasteiger partial charge on any atom is 0.338 e. The van der Waals surface area contributed by atoms with Crippen molar-refractivity contribution in [3.8, 4) is 0 Å². The van der Waals surface area contributed by atoms with Crippen LogP contribution in [0.25, 0.3) is 0 Å². The van der Waals surface area contributed by atoms with Gasteiger partial charge in [0.1, 0.15) is 12.2 Å². The summed E-state index contributed by atoms with van der Waals surface area (Å²) in [5.41, 5.74) is 4.35.